The third kappa shape index (κ3) is 20.4. The number of unbranched alkanes of at least 4 members (excludes halogenated alkanes) is 24. The van der Waals surface area contributed by atoms with Crippen molar-refractivity contribution in [2.24, 2.45) is 11.8 Å². The summed E-state index contributed by atoms with van der Waals surface area (Å²) < 4.78 is 3.86. The Morgan fingerprint density at radius 3 is 1.12 bits per heavy atom. The zero-order valence-electron chi connectivity index (χ0n) is 58.8. The molecule has 10 aromatic rings. The summed E-state index contributed by atoms with van der Waals surface area (Å²) in [5.74, 6) is 14.1. The summed E-state index contributed by atoms with van der Waals surface area (Å²) in [7, 11) is -5.79. The van der Waals surface area contributed by atoms with E-state index in [1.807, 2.05) is 36.4 Å². The SMILES string of the molecule is CCCCCCCCCCC(C#Cc1cc([N+](=O)[O-])c2nc3c4cccc5c(B(O)O)ccc(c(=O)n3c2c1)c54)CCCCCCCC.CCCCCCCCCCC(C#Cc1cc([N+](=O)[O-])c2nc3c4cccc5c(Br)ccc(c(=O)n3c2c1)c54)CCCCCCCC.OB(O)B(O)O. The first-order chi connectivity index (χ1) is 48.4. The van der Waals surface area contributed by atoms with E-state index in [9.17, 15) is 39.9 Å². The van der Waals surface area contributed by atoms with Crippen LogP contribution in [-0.4, -0.2) is 79.9 Å². The van der Waals surface area contributed by atoms with Gasteiger partial charge >= 0.3 is 21.1 Å². The number of hydrogen-bond acceptors (Lipinski definition) is 14. The molecule has 2 atom stereocenters. The van der Waals surface area contributed by atoms with Gasteiger partial charge in [0.05, 0.1) is 20.9 Å². The fourth-order valence-corrected chi connectivity index (χ4v) is 14.3. The quantitative estimate of drug-likeness (QED) is 0.00701. The van der Waals surface area contributed by atoms with Crippen molar-refractivity contribution in [2.45, 2.75) is 233 Å². The Hall–Kier alpha value is -7.53. The minimum atomic E-state index is -2.04. The minimum absolute atomic E-state index is 0.121. The van der Waals surface area contributed by atoms with E-state index in [0.29, 0.717) is 60.4 Å². The normalized spacial score (nSPS) is 12.0. The van der Waals surface area contributed by atoms with E-state index < -0.39 is 31.0 Å². The first-order valence-corrected chi connectivity index (χ1v) is 37.6. The number of halogens is 1. The molecule has 0 aliphatic heterocycles. The van der Waals surface area contributed by atoms with Crippen molar-refractivity contribution >= 4 is 130 Å². The van der Waals surface area contributed by atoms with Gasteiger partial charge in [0.1, 0.15) is 11.3 Å². The topological polar surface area (TPSA) is 276 Å². The Kier molecular flexibility index (Phi) is 31.0. The predicted molar refractivity (Wildman–Crippen MR) is 413 cm³/mol. The molecule has 0 fully saturated rings. The van der Waals surface area contributed by atoms with Crippen molar-refractivity contribution in [3.63, 3.8) is 0 Å². The summed E-state index contributed by atoms with van der Waals surface area (Å²) in [4.78, 5) is 61.0. The molecule has 0 amide bonds. The van der Waals surface area contributed by atoms with Crippen molar-refractivity contribution in [2.75, 3.05) is 0 Å². The molecule has 528 valence electrons. The molecule has 100 heavy (non-hydrogen) atoms. The lowest BCUT2D eigenvalue weighted by Gasteiger charge is -2.11. The molecule has 4 aromatic heterocycles. The van der Waals surface area contributed by atoms with Crippen molar-refractivity contribution in [3.8, 4) is 23.7 Å². The number of nitrogens with zero attached hydrogens (tertiary/aromatic N) is 6. The number of benzene rings is 6. The molecular weight excluding hydrogens is 1330 g/mol. The average Bonchev–Trinajstić information content (AvgIpc) is 1.50. The van der Waals surface area contributed by atoms with Crippen LogP contribution in [0.25, 0.3) is 76.5 Å². The lowest BCUT2D eigenvalue weighted by molar-refractivity contribution is -0.383. The van der Waals surface area contributed by atoms with E-state index in [-0.39, 0.29) is 50.8 Å². The van der Waals surface area contributed by atoms with Gasteiger partial charge < -0.3 is 30.1 Å². The molecule has 0 aliphatic rings. The average molecular weight is 1420 g/mol. The second kappa shape index (κ2) is 39.6. The van der Waals surface area contributed by atoms with Gasteiger partial charge in [-0.25, -0.2) is 9.97 Å². The third-order valence-corrected chi connectivity index (χ3v) is 20.0. The molecule has 10 rings (SSSR count). The van der Waals surface area contributed by atoms with Crippen LogP contribution in [-0.2, 0) is 0 Å². The summed E-state index contributed by atoms with van der Waals surface area (Å²) in [5, 5.41) is 80.4. The van der Waals surface area contributed by atoms with E-state index in [0.717, 1.165) is 72.0 Å². The van der Waals surface area contributed by atoms with Gasteiger partial charge in [0, 0.05) is 71.9 Å². The Morgan fingerprint density at radius 2 is 0.770 bits per heavy atom. The zero-order chi connectivity index (χ0) is 71.7. The Labute approximate surface area is 595 Å². The first-order valence-electron chi connectivity index (χ1n) is 36.8. The molecule has 22 heteroatoms. The maximum Gasteiger partial charge on any atom is 0.489 e. The van der Waals surface area contributed by atoms with Crippen LogP contribution in [0.1, 0.15) is 244 Å². The number of fused-ring (bicyclic) bond motifs is 8. The van der Waals surface area contributed by atoms with Gasteiger partial charge in [-0.3, -0.25) is 38.6 Å². The fourth-order valence-electron chi connectivity index (χ4n) is 13.8. The largest absolute Gasteiger partial charge is 0.489 e. The molecule has 6 N–H and O–H groups in total. The number of aromatic nitrogens is 4. The van der Waals surface area contributed by atoms with Crippen LogP contribution in [0.15, 0.2) is 99.0 Å². The van der Waals surface area contributed by atoms with Gasteiger partial charge in [0.15, 0.2) is 11.0 Å². The van der Waals surface area contributed by atoms with E-state index in [1.54, 1.807) is 30.3 Å². The smallest absolute Gasteiger partial charge is 0.429 e. The highest BCUT2D eigenvalue weighted by Crippen LogP contribution is 2.37. The number of imidazole rings is 2. The van der Waals surface area contributed by atoms with Crippen molar-refractivity contribution in [1.82, 2.24) is 18.8 Å². The lowest BCUT2D eigenvalue weighted by atomic mass is 9.50. The number of rotatable bonds is 36. The Balaban J connectivity index is 0.000000235. The van der Waals surface area contributed by atoms with Crippen LogP contribution in [0, 0.1) is 55.7 Å². The summed E-state index contributed by atoms with van der Waals surface area (Å²) in [5.41, 5.74) is 2.25. The number of hydrogen-bond donors (Lipinski definition) is 6. The molecular formula is C78H98B3BrN6O12. The Bertz CT molecular complexity index is 4590. The van der Waals surface area contributed by atoms with Crippen LogP contribution < -0.4 is 16.6 Å². The maximum absolute atomic E-state index is 14.0. The maximum atomic E-state index is 14.0. The second-order valence-corrected chi connectivity index (χ2v) is 27.8. The van der Waals surface area contributed by atoms with Crippen molar-refractivity contribution in [1.29, 1.82) is 0 Å². The number of non-ortho nitro benzene ring substituents is 2. The molecule has 4 heterocycles. The molecule has 0 spiro atoms. The van der Waals surface area contributed by atoms with Crippen molar-refractivity contribution < 1.29 is 40.0 Å². The van der Waals surface area contributed by atoms with Gasteiger partial charge in [-0.15, -0.1) is 0 Å². The molecule has 6 aromatic carbocycles. The molecule has 0 saturated heterocycles. The van der Waals surface area contributed by atoms with Crippen LogP contribution in [0.2, 0.25) is 0 Å². The number of nitro groups is 2. The first kappa shape index (κ1) is 78.2. The van der Waals surface area contributed by atoms with Gasteiger partial charge in [0.2, 0.25) is 0 Å². The second-order valence-electron chi connectivity index (χ2n) is 26.9. The van der Waals surface area contributed by atoms with Crippen LogP contribution in [0.3, 0.4) is 0 Å². The van der Waals surface area contributed by atoms with Gasteiger partial charge in [-0.05, 0) is 72.3 Å². The number of pyridine rings is 2. The van der Waals surface area contributed by atoms with Gasteiger partial charge in [-0.2, -0.15) is 0 Å². The van der Waals surface area contributed by atoms with Crippen molar-refractivity contribution in [3.05, 3.63) is 141 Å². The molecule has 0 radical (unpaired) electrons. The molecule has 2 unspecified atom stereocenters. The minimum Gasteiger partial charge on any atom is -0.429 e. The van der Waals surface area contributed by atoms with Gasteiger partial charge in [0.25, 0.3) is 22.5 Å². The summed E-state index contributed by atoms with van der Waals surface area (Å²) in [6.45, 7) is 8.96. The highest BCUT2D eigenvalue weighted by molar-refractivity contribution is 9.10. The monoisotopic (exact) mass is 1420 g/mol. The van der Waals surface area contributed by atoms with E-state index in [2.05, 4.69) is 72.3 Å². The van der Waals surface area contributed by atoms with Crippen LogP contribution in [0.5, 0.6) is 0 Å². The fraction of sp³-hybridized carbons (Fsp3) is 0.487. The summed E-state index contributed by atoms with van der Waals surface area (Å²) >= 11 is 3.60. The summed E-state index contributed by atoms with van der Waals surface area (Å²) in [6, 6.07) is 24.5. The van der Waals surface area contributed by atoms with E-state index in [4.69, 9.17) is 25.1 Å². The predicted octanol–water partition coefficient (Wildman–Crippen LogP) is 17.0. The van der Waals surface area contributed by atoms with Gasteiger partial charge in [-0.1, -0.05) is 290 Å². The standard InChI is InChI=1S/C39H48BN3O5.C39H46BrN3O3.B2H4O4/c1-3-5-7-9-11-12-14-16-19-28(18-15-13-10-8-6-4-2)22-23-29-26-34-37(35(27-29)43(47)48)41-38-31-21-17-20-30-33(40(45)46)25-24-32(36(30)31)39(44)42(34)38;1-3-5-7-9-11-12-14-16-19-28(18-15-13-10-8-6-4-2)22-23-29-26-34-37(35(27-29)43(45)46)41-38-31-21-17-20-30-33(40)25-24-32(36(30)31)39(44)42(34)38;3-1(4)2(5)6/h17,20-21,24-28,45-46H,3-16,18-19H2,1-2H3;17,20-21,24-28H,3-16,18-19H2,1-2H3;3-6H. The third-order valence-electron chi connectivity index (χ3n) is 19.3. The van der Waals surface area contributed by atoms with E-state index in [1.165, 1.54) is 181 Å². The summed E-state index contributed by atoms with van der Waals surface area (Å²) in [6.07, 6.45) is 39.3. The highest BCUT2D eigenvalue weighted by Gasteiger charge is 2.27. The highest BCUT2D eigenvalue weighted by atomic mass is 79.9. The number of nitro benzene ring substituents is 2. The molecule has 0 aliphatic carbocycles. The molecule has 0 saturated carbocycles. The lowest BCUT2D eigenvalue weighted by Crippen LogP contribution is -2.35. The molecule has 18 nitrogen and oxygen atoms in total. The van der Waals surface area contributed by atoms with Crippen LogP contribution in [0.4, 0.5) is 11.4 Å². The Morgan fingerprint density at radius 1 is 0.440 bits per heavy atom. The molecule has 0 bridgehead atoms. The van der Waals surface area contributed by atoms with Crippen LogP contribution >= 0.6 is 15.9 Å². The zero-order valence-corrected chi connectivity index (χ0v) is 60.4. The van der Waals surface area contributed by atoms with E-state index >= 15 is 0 Å².